The smallest absolute Gasteiger partial charge is 0.229 e. The monoisotopic (exact) mass is 451 g/mol. The molecule has 3 aromatic rings. The van der Waals surface area contributed by atoms with Crippen molar-refractivity contribution in [1.82, 2.24) is 24.9 Å². The third-order valence-corrected chi connectivity index (χ3v) is 6.47. The molecule has 1 aliphatic heterocycles. The molecule has 4 rings (SSSR count). The molecule has 3 heterocycles. The van der Waals surface area contributed by atoms with Gasteiger partial charge in [0, 0.05) is 30.8 Å². The van der Waals surface area contributed by atoms with Crippen LogP contribution < -0.4 is 16.0 Å². The Bertz CT molecular complexity index is 1040. The number of hydrogen-bond donors (Lipinski definition) is 4. The highest BCUT2D eigenvalue weighted by molar-refractivity contribution is 5.56. The number of nitrogens with zero attached hydrogens (tertiary/aromatic N) is 4. The largest absolute Gasteiger partial charge is 0.396 e. The van der Waals surface area contributed by atoms with Crippen LogP contribution in [-0.2, 0) is 13.0 Å². The molecule has 1 fully saturated rings. The summed E-state index contributed by atoms with van der Waals surface area (Å²) in [7, 11) is 0. The van der Waals surface area contributed by atoms with Crippen molar-refractivity contribution in [2.75, 3.05) is 23.8 Å². The summed E-state index contributed by atoms with van der Waals surface area (Å²) in [6.45, 7) is 8.33. The van der Waals surface area contributed by atoms with Crippen LogP contribution in [-0.4, -0.2) is 49.9 Å². The molecule has 2 atom stereocenters. The van der Waals surface area contributed by atoms with Crippen molar-refractivity contribution in [1.29, 1.82) is 0 Å². The summed E-state index contributed by atoms with van der Waals surface area (Å²) in [5.74, 6) is 1.53. The minimum Gasteiger partial charge on any atom is -0.396 e. The summed E-state index contributed by atoms with van der Waals surface area (Å²) >= 11 is 0. The molecule has 1 saturated heterocycles. The van der Waals surface area contributed by atoms with Gasteiger partial charge < -0.3 is 21.1 Å². The van der Waals surface area contributed by atoms with Crippen molar-refractivity contribution in [3.05, 3.63) is 47.2 Å². The molecule has 0 saturated carbocycles. The maximum atomic E-state index is 9.36. The van der Waals surface area contributed by atoms with Crippen molar-refractivity contribution < 1.29 is 5.11 Å². The molecule has 8 heteroatoms. The average Bonchev–Trinajstić information content (AvgIpc) is 3.21. The fourth-order valence-corrected chi connectivity index (χ4v) is 4.21. The van der Waals surface area contributed by atoms with Crippen LogP contribution in [0.2, 0.25) is 0 Å². The summed E-state index contributed by atoms with van der Waals surface area (Å²) < 4.78 is 1.79. The highest BCUT2D eigenvalue weighted by atomic mass is 16.3. The Balaban J connectivity index is 1.53. The first-order valence-electron chi connectivity index (χ1n) is 12.3. The Labute approximate surface area is 196 Å². The van der Waals surface area contributed by atoms with Crippen molar-refractivity contribution in [3.8, 4) is 0 Å². The van der Waals surface area contributed by atoms with Gasteiger partial charge in [0.2, 0.25) is 11.9 Å². The summed E-state index contributed by atoms with van der Waals surface area (Å²) in [6.07, 6.45) is 7.00. The van der Waals surface area contributed by atoms with Crippen LogP contribution in [0.1, 0.15) is 69.1 Å². The maximum Gasteiger partial charge on any atom is 0.229 e. The quantitative estimate of drug-likeness (QED) is 0.333. The van der Waals surface area contributed by atoms with Crippen LogP contribution in [0.3, 0.4) is 0 Å². The number of hydrogen-bond acceptors (Lipinski definition) is 7. The number of anilines is 2. The SMILES string of the molecule is CCC(CCO)Nc1nc(NCc2cccc(CCC3CCN3)c2)n2ncc(C(C)C)c2n1. The lowest BCUT2D eigenvalue weighted by Gasteiger charge is -2.27. The van der Waals surface area contributed by atoms with E-state index >= 15 is 0 Å². The number of aliphatic hydroxyl groups excluding tert-OH is 1. The van der Waals surface area contributed by atoms with Crippen LogP contribution in [0.15, 0.2) is 30.5 Å². The van der Waals surface area contributed by atoms with E-state index in [1.165, 1.54) is 24.0 Å². The predicted molar refractivity (Wildman–Crippen MR) is 133 cm³/mol. The highest BCUT2D eigenvalue weighted by Crippen LogP contribution is 2.23. The zero-order valence-electron chi connectivity index (χ0n) is 20.0. The first-order chi connectivity index (χ1) is 16.1. The average molecular weight is 452 g/mol. The standard InChI is InChI=1S/C25H37N7O/c1-4-20(11-13-33)29-24-30-23-22(17(2)3)16-28-32(23)25(31-24)27-15-19-7-5-6-18(14-19)8-9-21-10-12-26-21/h5-7,14,16-17,20-21,26,33H,4,8-13,15H2,1-3H3,(H2,27,29,30,31). The lowest BCUT2D eigenvalue weighted by atomic mass is 9.97. The normalized spacial score (nSPS) is 16.7. The van der Waals surface area contributed by atoms with Gasteiger partial charge in [0.15, 0.2) is 5.65 Å². The molecule has 2 aromatic heterocycles. The summed E-state index contributed by atoms with van der Waals surface area (Å²) in [4.78, 5) is 9.50. The number of aliphatic hydroxyl groups is 1. The van der Waals surface area contributed by atoms with Gasteiger partial charge in [-0.05, 0) is 55.7 Å². The van der Waals surface area contributed by atoms with Crippen LogP contribution in [0, 0.1) is 0 Å². The molecular weight excluding hydrogens is 414 g/mol. The fourth-order valence-electron chi connectivity index (χ4n) is 4.21. The van der Waals surface area contributed by atoms with Gasteiger partial charge in [-0.2, -0.15) is 19.6 Å². The van der Waals surface area contributed by atoms with Crippen LogP contribution in [0.4, 0.5) is 11.9 Å². The Morgan fingerprint density at radius 3 is 2.76 bits per heavy atom. The number of fused-ring (bicyclic) bond motifs is 1. The number of rotatable bonds is 12. The second-order valence-electron chi connectivity index (χ2n) is 9.27. The summed E-state index contributed by atoms with van der Waals surface area (Å²) in [5, 5.41) is 24.3. The van der Waals surface area contributed by atoms with E-state index in [1.54, 1.807) is 4.52 Å². The zero-order valence-corrected chi connectivity index (χ0v) is 20.0. The fraction of sp³-hybridized carbons (Fsp3) is 0.560. The van der Waals surface area contributed by atoms with Crippen LogP contribution in [0.25, 0.3) is 5.65 Å². The molecular formula is C25H37N7O. The molecule has 178 valence electrons. The van der Waals surface area contributed by atoms with Crippen LogP contribution in [0.5, 0.6) is 0 Å². The van der Waals surface area contributed by atoms with Gasteiger partial charge in [-0.3, -0.25) is 0 Å². The first kappa shape index (κ1) is 23.4. The van der Waals surface area contributed by atoms with Gasteiger partial charge in [-0.1, -0.05) is 45.0 Å². The molecule has 0 amide bonds. The van der Waals surface area contributed by atoms with Crippen LogP contribution >= 0.6 is 0 Å². The van der Waals surface area contributed by atoms with Gasteiger partial charge in [0.1, 0.15) is 0 Å². The van der Waals surface area contributed by atoms with Gasteiger partial charge in [-0.25, -0.2) is 0 Å². The number of aryl methyl sites for hydroxylation is 1. The van der Waals surface area contributed by atoms with E-state index < -0.39 is 0 Å². The Morgan fingerprint density at radius 2 is 2.06 bits per heavy atom. The van der Waals surface area contributed by atoms with Gasteiger partial charge >= 0.3 is 0 Å². The minimum absolute atomic E-state index is 0.123. The Hall–Kier alpha value is -2.71. The second-order valence-corrected chi connectivity index (χ2v) is 9.27. The molecule has 33 heavy (non-hydrogen) atoms. The first-order valence-corrected chi connectivity index (χ1v) is 12.3. The molecule has 0 bridgehead atoms. The molecule has 1 aromatic carbocycles. The lowest BCUT2D eigenvalue weighted by Crippen LogP contribution is -2.42. The highest BCUT2D eigenvalue weighted by Gasteiger charge is 2.17. The molecule has 2 unspecified atom stereocenters. The van der Waals surface area contributed by atoms with E-state index in [1.807, 2.05) is 6.20 Å². The van der Waals surface area contributed by atoms with E-state index in [4.69, 9.17) is 9.97 Å². The number of benzene rings is 1. The molecule has 4 N–H and O–H groups in total. The van der Waals surface area contributed by atoms with Gasteiger partial charge in [0.05, 0.1) is 6.20 Å². The van der Waals surface area contributed by atoms with E-state index in [-0.39, 0.29) is 12.6 Å². The van der Waals surface area contributed by atoms with Crippen molar-refractivity contribution >= 4 is 17.5 Å². The van der Waals surface area contributed by atoms with E-state index in [0.29, 0.717) is 36.8 Å². The predicted octanol–water partition coefficient (Wildman–Crippen LogP) is 3.73. The molecule has 0 spiro atoms. The molecule has 0 aliphatic carbocycles. The van der Waals surface area contributed by atoms with Gasteiger partial charge in [-0.15, -0.1) is 0 Å². The second kappa shape index (κ2) is 10.9. The maximum absolute atomic E-state index is 9.36. The number of nitrogens with one attached hydrogen (secondary N) is 3. The third-order valence-electron chi connectivity index (χ3n) is 6.47. The summed E-state index contributed by atoms with van der Waals surface area (Å²) in [5.41, 5.74) is 4.49. The van der Waals surface area contributed by atoms with Gasteiger partial charge in [0.25, 0.3) is 0 Å². The molecule has 1 aliphatic rings. The molecule has 8 nitrogen and oxygen atoms in total. The van der Waals surface area contributed by atoms with Crippen molar-refractivity contribution in [2.45, 2.75) is 77.4 Å². The Kier molecular flexibility index (Phi) is 7.77. The minimum atomic E-state index is 0.123. The van der Waals surface area contributed by atoms with Crippen molar-refractivity contribution in [3.63, 3.8) is 0 Å². The number of aromatic nitrogens is 4. The summed E-state index contributed by atoms with van der Waals surface area (Å²) in [6, 6.07) is 9.57. The topological polar surface area (TPSA) is 99.4 Å². The van der Waals surface area contributed by atoms with E-state index in [2.05, 4.69) is 66.1 Å². The van der Waals surface area contributed by atoms with E-state index in [9.17, 15) is 5.11 Å². The Morgan fingerprint density at radius 1 is 1.24 bits per heavy atom. The molecule has 0 radical (unpaired) electrons. The lowest BCUT2D eigenvalue weighted by molar-refractivity contribution is 0.278. The van der Waals surface area contributed by atoms with E-state index in [0.717, 1.165) is 30.6 Å². The zero-order chi connectivity index (χ0) is 23.2. The van der Waals surface area contributed by atoms with Crippen molar-refractivity contribution in [2.24, 2.45) is 0 Å². The third kappa shape index (κ3) is 5.81.